The van der Waals surface area contributed by atoms with Crippen molar-refractivity contribution < 1.29 is 4.79 Å². The fraction of sp³-hybridized carbons (Fsp3) is 0.278. The first-order valence-corrected chi connectivity index (χ1v) is 8.77. The Balaban J connectivity index is 1.71. The van der Waals surface area contributed by atoms with Gasteiger partial charge >= 0.3 is 0 Å². The molecule has 122 valence electrons. The summed E-state index contributed by atoms with van der Waals surface area (Å²) < 4.78 is 1.99. The molecule has 1 amide bonds. The molecule has 3 heterocycles. The van der Waals surface area contributed by atoms with Gasteiger partial charge in [0.15, 0.2) is 5.82 Å². The molecule has 0 spiro atoms. The number of rotatable bonds is 3. The quantitative estimate of drug-likeness (QED) is 0.735. The molecule has 1 fully saturated rings. The van der Waals surface area contributed by atoms with E-state index in [0.717, 1.165) is 34.2 Å². The molecular weight excluding hydrogens is 320 g/mol. The van der Waals surface area contributed by atoms with Gasteiger partial charge in [-0.3, -0.25) is 4.79 Å². The summed E-state index contributed by atoms with van der Waals surface area (Å²) in [5.41, 5.74) is 2.35. The van der Waals surface area contributed by atoms with E-state index in [4.69, 9.17) is 0 Å². The minimum absolute atomic E-state index is 0.151. The maximum absolute atomic E-state index is 12.3. The summed E-state index contributed by atoms with van der Waals surface area (Å²) >= 11 is 1.61. The van der Waals surface area contributed by atoms with Crippen LogP contribution < -0.4 is 0 Å². The molecule has 1 atom stereocenters. The van der Waals surface area contributed by atoms with Crippen molar-refractivity contribution in [3.8, 4) is 21.3 Å². The maximum atomic E-state index is 12.3. The van der Waals surface area contributed by atoms with Crippen molar-refractivity contribution in [3.05, 3.63) is 48.4 Å². The van der Waals surface area contributed by atoms with E-state index in [0.29, 0.717) is 0 Å². The van der Waals surface area contributed by atoms with Crippen LogP contribution in [0.4, 0.5) is 0 Å². The lowest BCUT2D eigenvalue weighted by atomic mass is 10.1. The van der Waals surface area contributed by atoms with Crippen molar-refractivity contribution in [3.63, 3.8) is 0 Å². The summed E-state index contributed by atoms with van der Waals surface area (Å²) in [5.74, 6) is 0.971. The van der Waals surface area contributed by atoms with E-state index in [2.05, 4.69) is 29.0 Å². The van der Waals surface area contributed by atoms with Gasteiger partial charge < -0.3 is 9.47 Å². The Hall–Kier alpha value is -2.47. The highest BCUT2D eigenvalue weighted by atomic mass is 32.1. The first-order valence-electron chi connectivity index (χ1n) is 7.95. The van der Waals surface area contributed by atoms with Crippen LogP contribution in [0.1, 0.15) is 18.0 Å². The van der Waals surface area contributed by atoms with E-state index in [1.807, 2.05) is 36.1 Å². The average Bonchev–Trinajstić information content (AvgIpc) is 3.29. The van der Waals surface area contributed by atoms with Crippen molar-refractivity contribution in [2.24, 2.45) is 0 Å². The predicted octanol–water partition coefficient (Wildman–Crippen LogP) is 3.39. The van der Waals surface area contributed by atoms with E-state index in [1.165, 1.54) is 5.56 Å². The Bertz CT molecular complexity index is 898. The Kier molecular flexibility index (Phi) is 3.69. The number of hydrogen-bond acceptors (Lipinski definition) is 4. The predicted molar refractivity (Wildman–Crippen MR) is 94.8 cm³/mol. The molecular formula is C18H18N4OS. The molecule has 2 aromatic heterocycles. The van der Waals surface area contributed by atoms with Crippen LogP contribution >= 0.6 is 11.3 Å². The van der Waals surface area contributed by atoms with Gasteiger partial charge in [0.05, 0.1) is 4.88 Å². The summed E-state index contributed by atoms with van der Waals surface area (Å²) in [6.07, 6.45) is 6.33. The van der Waals surface area contributed by atoms with Crippen LogP contribution in [0.25, 0.3) is 21.3 Å². The lowest BCUT2D eigenvalue weighted by molar-refractivity contribution is -0.129. The number of aromatic nitrogens is 3. The normalized spacial score (nSPS) is 17.7. The van der Waals surface area contributed by atoms with Crippen LogP contribution in [0.3, 0.4) is 0 Å². The van der Waals surface area contributed by atoms with E-state index in [9.17, 15) is 4.79 Å². The Morgan fingerprint density at radius 2 is 2.08 bits per heavy atom. The molecule has 0 aliphatic carbocycles. The summed E-state index contributed by atoms with van der Waals surface area (Å²) in [4.78, 5) is 24.1. The number of thiazole rings is 1. The van der Waals surface area contributed by atoms with Gasteiger partial charge in [-0.25, -0.2) is 9.97 Å². The molecule has 0 N–H and O–H groups in total. The minimum atomic E-state index is -0.156. The smallest absolute Gasteiger partial charge is 0.245 e. The summed E-state index contributed by atoms with van der Waals surface area (Å²) in [6, 6.07) is 8.07. The molecule has 1 unspecified atom stereocenters. The topological polar surface area (TPSA) is 51.0 Å². The van der Waals surface area contributed by atoms with Crippen LogP contribution in [-0.2, 0) is 4.79 Å². The second-order valence-corrected chi connectivity index (χ2v) is 7.10. The number of likely N-dealkylation sites (tertiary alicyclic amines) is 1. The first kappa shape index (κ1) is 15.1. The zero-order valence-electron chi connectivity index (χ0n) is 13.6. The Labute approximate surface area is 144 Å². The fourth-order valence-electron chi connectivity index (χ4n) is 3.13. The number of amides is 1. The lowest BCUT2D eigenvalue weighted by Crippen LogP contribution is -2.24. The highest BCUT2D eigenvalue weighted by Crippen LogP contribution is 2.35. The molecule has 1 aliphatic heterocycles. The summed E-state index contributed by atoms with van der Waals surface area (Å²) in [5, 5.41) is 0.979. The molecule has 5 nitrogen and oxygen atoms in total. The highest BCUT2D eigenvalue weighted by molar-refractivity contribution is 7.18. The SMILES string of the molecule is Cc1ccccc1-c1ncc(-c2nccn2C2CCN(C)C2=O)s1. The molecule has 1 aliphatic rings. The number of aryl methyl sites for hydroxylation is 1. The van der Waals surface area contributed by atoms with Crippen LogP contribution in [0.5, 0.6) is 0 Å². The van der Waals surface area contributed by atoms with Crippen molar-refractivity contribution in [2.45, 2.75) is 19.4 Å². The van der Waals surface area contributed by atoms with E-state index in [1.54, 1.807) is 22.4 Å². The number of benzene rings is 1. The van der Waals surface area contributed by atoms with Crippen LogP contribution in [-0.4, -0.2) is 38.9 Å². The highest BCUT2D eigenvalue weighted by Gasteiger charge is 2.32. The lowest BCUT2D eigenvalue weighted by Gasteiger charge is -2.13. The zero-order valence-corrected chi connectivity index (χ0v) is 14.5. The largest absolute Gasteiger partial charge is 0.344 e. The summed E-state index contributed by atoms with van der Waals surface area (Å²) in [7, 11) is 1.85. The van der Waals surface area contributed by atoms with Crippen LogP contribution in [0.15, 0.2) is 42.9 Å². The third kappa shape index (κ3) is 2.43. The van der Waals surface area contributed by atoms with Crippen molar-refractivity contribution >= 4 is 17.2 Å². The van der Waals surface area contributed by atoms with Crippen molar-refractivity contribution in [1.82, 2.24) is 19.4 Å². The van der Waals surface area contributed by atoms with E-state index >= 15 is 0 Å². The Morgan fingerprint density at radius 1 is 1.25 bits per heavy atom. The second kappa shape index (κ2) is 5.87. The van der Waals surface area contributed by atoms with Gasteiger partial charge in [-0.2, -0.15) is 0 Å². The van der Waals surface area contributed by atoms with Gasteiger partial charge in [0.2, 0.25) is 5.91 Å². The number of carbonyl (C=O) groups is 1. The third-order valence-corrected chi connectivity index (χ3v) is 5.53. The fourth-order valence-corrected chi connectivity index (χ4v) is 4.14. The Morgan fingerprint density at radius 3 is 2.83 bits per heavy atom. The van der Waals surface area contributed by atoms with Gasteiger partial charge in [0, 0.05) is 37.7 Å². The maximum Gasteiger partial charge on any atom is 0.245 e. The molecule has 1 saturated heterocycles. The second-order valence-electron chi connectivity index (χ2n) is 6.07. The minimum Gasteiger partial charge on any atom is -0.344 e. The number of carbonyl (C=O) groups excluding carboxylic acids is 1. The zero-order chi connectivity index (χ0) is 16.7. The molecule has 0 saturated carbocycles. The first-order chi connectivity index (χ1) is 11.6. The molecule has 6 heteroatoms. The number of likely N-dealkylation sites (N-methyl/N-ethyl adjacent to an activating group) is 1. The molecule has 0 bridgehead atoms. The standard InChI is InChI=1S/C18H18N4OS/c1-12-5-3-4-6-13(12)17-20-11-15(24-17)16-19-8-10-22(16)14-7-9-21(2)18(14)23/h3-6,8,10-11,14H,7,9H2,1-2H3. The average molecular weight is 338 g/mol. The van der Waals surface area contributed by atoms with Gasteiger partial charge in [0.1, 0.15) is 11.0 Å². The van der Waals surface area contributed by atoms with Crippen LogP contribution in [0.2, 0.25) is 0 Å². The summed E-state index contributed by atoms with van der Waals surface area (Å²) in [6.45, 7) is 2.88. The molecule has 1 aromatic carbocycles. The van der Waals surface area contributed by atoms with E-state index in [-0.39, 0.29) is 11.9 Å². The molecule has 0 radical (unpaired) electrons. The van der Waals surface area contributed by atoms with Gasteiger partial charge in [0.25, 0.3) is 0 Å². The molecule has 4 rings (SSSR count). The van der Waals surface area contributed by atoms with Gasteiger partial charge in [-0.05, 0) is 18.9 Å². The van der Waals surface area contributed by atoms with E-state index < -0.39 is 0 Å². The third-order valence-electron chi connectivity index (χ3n) is 4.51. The van der Waals surface area contributed by atoms with Gasteiger partial charge in [-0.1, -0.05) is 24.3 Å². The van der Waals surface area contributed by atoms with Crippen LogP contribution in [0, 0.1) is 6.92 Å². The molecule has 3 aromatic rings. The van der Waals surface area contributed by atoms with Crippen molar-refractivity contribution in [2.75, 3.05) is 13.6 Å². The van der Waals surface area contributed by atoms with Gasteiger partial charge in [-0.15, -0.1) is 11.3 Å². The number of imidazole rings is 1. The van der Waals surface area contributed by atoms with Crippen molar-refractivity contribution in [1.29, 1.82) is 0 Å². The number of hydrogen-bond donors (Lipinski definition) is 0. The number of nitrogens with zero attached hydrogens (tertiary/aromatic N) is 4. The molecule has 24 heavy (non-hydrogen) atoms. The monoisotopic (exact) mass is 338 g/mol.